The van der Waals surface area contributed by atoms with Crippen LogP contribution in [0.1, 0.15) is 45.3 Å². The Morgan fingerprint density at radius 3 is 2.66 bits per heavy atom. The second-order valence-electron chi connectivity index (χ2n) is 9.77. The summed E-state index contributed by atoms with van der Waals surface area (Å²) in [6.45, 7) is 5.79. The standard InChI is InChI=1S/C27H36N8O3/c1-15(2)22(30-16(3)36)27(37)33-19(11-8-12-38-6)18-9-7-10-20(31-18)21-13-17-24-23(29-14-35(24)5)26(28-4)34-25(17)32-21/h7,9-10,13-15,19,22H,8,11-12H2,1-6H3,(H,30,36)(H,33,37)(H2,28,32,34)/t19-,22?/m0/s1. The molecule has 0 aliphatic carbocycles. The number of aryl methyl sites for hydroxylation is 1. The van der Waals surface area contributed by atoms with Crippen LogP contribution in [0.5, 0.6) is 0 Å². The molecule has 0 aliphatic heterocycles. The average molecular weight is 521 g/mol. The summed E-state index contributed by atoms with van der Waals surface area (Å²) in [6, 6.07) is 6.80. The van der Waals surface area contributed by atoms with Crippen LogP contribution in [0.4, 0.5) is 5.82 Å². The molecule has 4 rings (SSSR count). The van der Waals surface area contributed by atoms with E-state index in [1.54, 1.807) is 13.4 Å². The summed E-state index contributed by atoms with van der Waals surface area (Å²) in [6.07, 6.45) is 3.15. The fourth-order valence-corrected chi connectivity index (χ4v) is 4.65. The minimum absolute atomic E-state index is 0.0667. The quantitative estimate of drug-likeness (QED) is 0.223. The molecule has 0 aromatic carbocycles. The molecule has 11 heteroatoms. The molecular formula is C27H36N8O3. The van der Waals surface area contributed by atoms with Crippen molar-refractivity contribution in [3.8, 4) is 11.4 Å². The molecule has 0 aliphatic rings. The first-order valence-corrected chi connectivity index (χ1v) is 12.8. The van der Waals surface area contributed by atoms with Crippen molar-refractivity contribution < 1.29 is 14.3 Å². The van der Waals surface area contributed by atoms with Gasteiger partial charge in [-0.25, -0.2) is 15.0 Å². The average Bonchev–Trinajstić information content (AvgIpc) is 3.49. The number of aromatic nitrogens is 5. The third kappa shape index (κ3) is 5.62. The van der Waals surface area contributed by atoms with Crippen LogP contribution in [-0.2, 0) is 21.4 Å². The van der Waals surface area contributed by atoms with Gasteiger partial charge < -0.3 is 30.2 Å². The minimum Gasteiger partial charge on any atom is -0.385 e. The van der Waals surface area contributed by atoms with E-state index in [9.17, 15) is 9.59 Å². The number of aromatic amines is 1. The van der Waals surface area contributed by atoms with E-state index >= 15 is 0 Å². The normalized spacial score (nSPS) is 13.1. The molecule has 4 heterocycles. The van der Waals surface area contributed by atoms with Crippen molar-refractivity contribution in [2.75, 3.05) is 26.1 Å². The van der Waals surface area contributed by atoms with Crippen molar-refractivity contribution in [3.63, 3.8) is 0 Å². The lowest BCUT2D eigenvalue weighted by atomic mass is 10.0. The third-order valence-electron chi connectivity index (χ3n) is 6.54. The first kappa shape index (κ1) is 27.1. The summed E-state index contributed by atoms with van der Waals surface area (Å²) in [7, 11) is 5.43. The van der Waals surface area contributed by atoms with Crippen LogP contribution in [0.15, 0.2) is 30.6 Å². The van der Waals surface area contributed by atoms with E-state index < -0.39 is 6.04 Å². The summed E-state index contributed by atoms with van der Waals surface area (Å²) >= 11 is 0. The molecule has 38 heavy (non-hydrogen) atoms. The van der Waals surface area contributed by atoms with Gasteiger partial charge in [0.25, 0.3) is 0 Å². The van der Waals surface area contributed by atoms with Crippen LogP contribution < -0.4 is 16.0 Å². The van der Waals surface area contributed by atoms with Crippen molar-refractivity contribution in [1.29, 1.82) is 0 Å². The Kier molecular flexibility index (Phi) is 8.26. The van der Waals surface area contributed by atoms with E-state index in [1.165, 1.54) is 6.92 Å². The predicted molar refractivity (Wildman–Crippen MR) is 148 cm³/mol. The molecule has 2 amide bonds. The van der Waals surface area contributed by atoms with Gasteiger partial charge in [-0.1, -0.05) is 19.9 Å². The number of hydrogen-bond acceptors (Lipinski definition) is 7. The number of nitrogens with zero attached hydrogens (tertiary/aromatic N) is 4. The van der Waals surface area contributed by atoms with Gasteiger partial charge >= 0.3 is 0 Å². The summed E-state index contributed by atoms with van der Waals surface area (Å²) in [5, 5.41) is 9.94. The number of amides is 2. The van der Waals surface area contributed by atoms with Crippen LogP contribution >= 0.6 is 0 Å². The number of ether oxygens (including phenoxy) is 1. The van der Waals surface area contributed by atoms with Gasteiger partial charge in [0.05, 0.1) is 35.0 Å². The Morgan fingerprint density at radius 2 is 1.97 bits per heavy atom. The van der Waals surface area contributed by atoms with Crippen LogP contribution in [0, 0.1) is 5.92 Å². The van der Waals surface area contributed by atoms with Crippen LogP contribution in [0.3, 0.4) is 0 Å². The maximum absolute atomic E-state index is 13.2. The minimum atomic E-state index is -0.636. The molecule has 202 valence electrons. The van der Waals surface area contributed by atoms with E-state index in [-0.39, 0.29) is 23.8 Å². The highest BCUT2D eigenvalue weighted by molar-refractivity contribution is 6.07. The molecule has 0 radical (unpaired) electrons. The van der Waals surface area contributed by atoms with Gasteiger partial charge in [0, 0.05) is 40.1 Å². The highest BCUT2D eigenvalue weighted by Crippen LogP contribution is 2.31. The van der Waals surface area contributed by atoms with Crippen LogP contribution in [-0.4, -0.2) is 63.1 Å². The summed E-state index contributed by atoms with van der Waals surface area (Å²) < 4.78 is 7.22. The van der Waals surface area contributed by atoms with Crippen LogP contribution in [0.2, 0.25) is 0 Å². The molecule has 11 nitrogen and oxygen atoms in total. The molecule has 4 N–H and O–H groups in total. The van der Waals surface area contributed by atoms with E-state index in [0.717, 1.165) is 45.6 Å². The van der Waals surface area contributed by atoms with E-state index in [4.69, 9.17) is 14.7 Å². The summed E-state index contributed by atoms with van der Waals surface area (Å²) in [5.41, 5.74) is 4.77. The first-order valence-electron chi connectivity index (χ1n) is 12.8. The number of pyridine rings is 2. The van der Waals surface area contributed by atoms with E-state index in [2.05, 4.69) is 25.9 Å². The largest absolute Gasteiger partial charge is 0.385 e. The Morgan fingerprint density at radius 1 is 1.18 bits per heavy atom. The second-order valence-corrected chi connectivity index (χ2v) is 9.77. The number of H-pyrrole nitrogens is 1. The molecule has 1 unspecified atom stereocenters. The van der Waals surface area contributed by atoms with Gasteiger partial charge in [-0.15, -0.1) is 0 Å². The Balaban J connectivity index is 1.69. The number of fused-ring (bicyclic) bond motifs is 3. The molecule has 4 aromatic heterocycles. The highest BCUT2D eigenvalue weighted by Gasteiger charge is 2.26. The van der Waals surface area contributed by atoms with Gasteiger partial charge in [0.2, 0.25) is 11.8 Å². The number of imidazole rings is 1. The molecule has 0 spiro atoms. The lowest BCUT2D eigenvalue weighted by molar-refractivity contribution is -0.129. The predicted octanol–water partition coefficient (Wildman–Crippen LogP) is 3.30. The SMILES string of the molecule is CNc1nc2[nH]c(-c3cccc([C@H](CCCOC)NC(=O)C(NC(C)=O)C(C)C)n3)cc2c2c1ncn2C. The Bertz CT molecular complexity index is 1440. The zero-order chi connectivity index (χ0) is 27.4. The molecule has 0 fully saturated rings. The number of anilines is 1. The number of carbonyl (C=O) groups excluding carboxylic acids is 2. The van der Waals surface area contributed by atoms with Crippen molar-refractivity contribution in [2.45, 2.75) is 45.7 Å². The third-order valence-corrected chi connectivity index (χ3v) is 6.54. The maximum Gasteiger partial charge on any atom is 0.243 e. The molecule has 4 aromatic rings. The van der Waals surface area contributed by atoms with E-state index in [1.807, 2.05) is 56.8 Å². The number of hydrogen-bond donors (Lipinski definition) is 4. The fraction of sp³-hybridized carbons (Fsp3) is 0.444. The van der Waals surface area contributed by atoms with Crippen LogP contribution in [0.25, 0.3) is 33.5 Å². The second kappa shape index (κ2) is 11.6. The number of methoxy groups -OCH3 is 1. The molecule has 2 atom stereocenters. The maximum atomic E-state index is 13.2. The first-order chi connectivity index (χ1) is 18.2. The van der Waals surface area contributed by atoms with Gasteiger partial charge in [0.1, 0.15) is 17.2 Å². The van der Waals surface area contributed by atoms with Crippen molar-refractivity contribution in [2.24, 2.45) is 13.0 Å². The van der Waals surface area contributed by atoms with E-state index in [0.29, 0.717) is 18.8 Å². The number of carbonyl (C=O) groups is 2. The van der Waals surface area contributed by atoms with Crippen molar-refractivity contribution in [1.82, 2.24) is 35.1 Å². The molecule has 0 bridgehead atoms. The molecule has 0 saturated carbocycles. The topological polar surface area (TPSA) is 139 Å². The zero-order valence-corrected chi connectivity index (χ0v) is 22.8. The monoisotopic (exact) mass is 520 g/mol. The lowest BCUT2D eigenvalue weighted by Gasteiger charge is -2.25. The number of nitrogens with one attached hydrogen (secondary N) is 4. The van der Waals surface area contributed by atoms with Crippen molar-refractivity contribution >= 4 is 39.7 Å². The Labute approximate surface area is 221 Å². The highest BCUT2D eigenvalue weighted by atomic mass is 16.5. The lowest BCUT2D eigenvalue weighted by Crippen LogP contribution is -2.50. The Hall–Kier alpha value is -3.99. The summed E-state index contributed by atoms with van der Waals surface area (Å²) in [4.78, 5) is 42.4. The number of rotatable bonds is 11. The fourth-order valence-electron chi connectivity index (χ4n) is 4.65. The van der Waals surface area contributed by atoms with Gasteiger partial charge in [0.15, 0.2) is 5.82 Å². The van der Waals surface area contributed by atoms with Crippen molar-refractivity contribution in [3.05, 3.63) is 36.3 Å². The smallest absolute Gasteiger partial charge is 0.243 e. The molecular weight excluding hydrogens is 484 g/mol. The van der Waals surface area contributed by atoms with Gasteiger partial charge in [-0.05, 0) is 37.0 Å². The van der Waals surface area contributed by atoms with Gasteiger partial charge in [-0.3, -0.25) is 9.59 Å². The summed E-state index contributed by atoms with van der Waals surface area (Å²) in [5.74, 6) is 0.148. The van der Waals surface area contributed by atoms with Gasteiger partial charge in [-0.2, -0.15) is 0 Å². The molecule has 0 saturated heterocycles. The zero-order valence-electron chi connectivity index (χ0n) is 22.8.